The van der Waals surface area contributed by atoms with E-state index in [1.165, 1.54) is 29.8 Å². The summed E-state index contributed by atoms with van der Waals surface area (Å²) in [5, 5.41) is 0. The zero-order chi connectivity index (χ0) is 27.7. The molecule has 0 unspecified atom stereocenters. The minimum Gasteiger partial charge on any atom is -0.455 e. The van der Waals surface area contributed by atoms with Crippen molar-refractivity contribution in [2.24, 2.45) is 0 Å². The zero-order valence-corrected chi connectivity index (χ0v) is 22.4. The van der Waals surface area contributed by atoms with E-state index in [9.17, 15) is 13.6 Å². The second-order valence-corrected chi connectivity index (χ2v) is 10.1. The van der Waals surface area contributed by atoms with Gasteiger partial charge in [0.1, 0.15) is 17.4 Å². The fourth-order valence-electron chi connectivity index (χ4n) is 4.90. The van der Waals surface area contributed by atoms with Crippen LogP contribution in [-0.4, -0.2) is 53.3 Å². The fraction of sp³-hybridized carbons (Fsp3) is 0.242. The van der Waals surface area contributed by atoms with Gasteiger partial charge in [0.15, 0.2) is 5.76 Å². The molecule has 0 saturated carbocycles. The molecule has 0 spiro atoms. The predicted molar refractivity (Wildman–Crippen MR) is 152 cm³/mol. The van der Waals surface area contributed by atoms with Gasteiger partial charge in [-0.1, -0.05) is 66.7 Å². The molecule has 1 aliphatic rings. The molecule has 7 heteroatoms. The van der Waals surface area contributed by atoms with E-state index in [-0.39, 0.29) is 17.5 Å². The van der Waals surface area contributed by atoms with Crippen molar-refractivity contribution in [3.63, 3.8) is 0 Å². The first-order chi connectivity index (χ1) is 19.5. The third-order valence-corrected chi connectivity index (χ3v) is 7.00. The number of hydrogen-bond donors (Lipinski definition) is 0. The maximum absolute atomic E-state index is 13.8. The van der Waals surface area contributed by atoms with Crippen molar-refractivity contribution < 1.29 is 18.0 Å². The van der Waals surface area contributed by atoms with Gasteiger partial charge in [0, 0.05) is 45.8 Å². The summed E-state index contributed by atoms with van der Waals surface area (Å²) in [5.41, 5.74) is 2.93. The Bertz CT molecular complexity index is 1410. The van der Waals surface area contributed by atoms with Gasteiger partial charge in [-0.05, 0) is 53.1 Å². The van der Waals surface area contributed by atoms with E-state index < -0.39 is 0 Å². The lowest BCUT2D eigenvalue weighted by Gasteiger charge is -2.33. The molecule has 1 amide bonds. The number of carbonyl (C=O) groups excluding carboxylic acids is 1. The van der Waals surface area contributed by atoms with Crippen molar-refractivity contribution in [1.82, 2.24) is 14.7 Å². The average Bonchev–Trinajstić information content (AvgIpc) is 3.43. The van der Waals surface area contributed by atoms with E-state index in [2.05, 4.69) is 34.1 Å². The van der Waals surface area contributed by atoms with Crippen LogP contribution < -0.4 is 0 Å². The summed E-state index contributed by atoms with van der Waals surface area (Å²) in [6, 6.07) is 26.6. The van der Waals surface area contributed by atoms with Crippen molar-refractivity contribution >= 4 is 12.0 Å². The number of piperazine rings is 1. The Labute approximate surface area is 233 Å². The van der Waals surface area contributed by atoms with Crippen LogP contribution in [0.25, 0.3) is 6.08 Å². The van der Waals surface area contributed by atoms with Gasteiger partial charge < -0.3 is 9.32 Å². The van der Waals surface area contributed by atoms with Gasteiger partial charge in [-0.25, -0.2) is 8.78 Å². The number of rotatable bonds is 10. The summed E-state index contributed by atoms with van der Waals surface area (Å²) >= 11 is 0. The number of amides is 1. The summed E-state index contributed by atoms with van der Waals surface area (Å²) in [6.07, 6.45) is 4.28. The summed E-state index contributed by atoms with van der Waals surface area (Å²) in [5.74, 6) is 0.268. The molecule has 1 aromatic heterocycles. The van der Waals surface area contributed by atoms with Crippen LogP contribution in [0.3, 0.4) is 0 Å². The second kappa shape index (κ2) is 13.3. The van der Waals surface area contributed by atoms with Crippen LogP contribution in [0, 0.1) is 11.6 Å². The third-order valence-electron chi connectivity index (χ3n) is 7.00. The van der Waals surface area contributed by atoms with Crippen LogP contribution in [0.1, 0.15) is 33.0 Å². The molecule has 0 radical (unpaired) electrons. The number of nitrogens with zero attached hydrogens (tertiary/aromatic N) is 3. The van der Waals surface area contributed by atoms with Crippen LogP contribution in [-0.2, 0) is 19.6 Å². The minimum atomic E-state index is -0.294. The van der Waals surface area contributed by atoms with Crippen molar-refractivity contribution in [3.05, 3.63) is 137 Å². The Morgan fingerprint density at radius 2 is 1.52 bits per heavy atom. The third kappa shape index (κ3) is 7.74. The first kappa shape index (κ1) is 27.5. The first-order valence-electron chi connectivity index (χ1n) is 13.5. The number of halogens is 2. The molecule has 3 aromatic carbocycles. The number of hydrogen-bond acceptors (Lipinski definition) is 4. The van der Waals surface area contributed by atoms with E-state index in [1.807, 2.05) is 35.2 Å². The van der Waals surface area contributed by atoms with Crippen LogP contribution in [0.5, 0.6) is 0 Å². The quantitative estimate of drug-likeness (QED) is 0.239. The maximum Gasteiger partial charge on any atom is 0.289 e. The Balaban J connectivity index is 1.17. The molecule has 206 valence electrons. The summed E-state index contributed by atoms with van der Waals surface area (Å²) in [4.78, 5) is 19.4. The van der Waals surface area contributed by atoms with E-state index in [0.717, 1.165) is 30.8 Å². The highest BCUT2D eigenvalue weighted by Gasteiger charge is 2.24. The standard InChI is InChI=1S/C33H33F2N3O2/c34-29-13-11-27(12-14-29)23-37(24-28-8-4-10-30(35)22-28)25-31-15-16-32(40-31)33(39)38-20-18-36(19-21-38)17-5-9-26-6-2-1-3-7-26/h1-16,22H,17-21,23-25H2/b9-5+. The molecule has 5 rings (SSSR count). The van der Waals surface area contributed by atoms with Gasteiger partial charge in [-0.3, -0.25) is 14.6 Å². The molecule has 0 atom stereocenters. The number of carbonyl (C=O) groups is 1. The molecule has 2 heterocycles. The average molecular weight is 542 g/mol. The normalized spacial score (nSPS) is 14.3. The van der Waals surface area contributed by atoms with E-state index in [4.69, 9.17) is 4.42 Å². The SMILES string of the molecule is O=C(c1ccc(CN(Cc2ccc(F)cc2)Cc2cccc(F)c2)o1)N1CCN(C/C=C/c2ccccc2)CC1. The number of furan rings is 1. The lowest BCUT2D eigenvalue weighted by Crippen LogP contribution is -2.48. The Kier molecular flexibility index (Phi) is 9.16. The molecule has 4 aromatic rings. The molecule has 1 fully saturated rings. The minimum absolute atomic E-state index is 0.110. The molecule has 0 N–H and O–H groups in total. The van der Waals surface area contributed by atoms with Crippen molar-refractivity contribution in [1.29, 1.82) is 0 Å². The molecule has 0 aliphatic carbocycles. The predicted octanol–water partition coefficient (Wildman–Crippen LogP) is 6.23. The molecule has 1 saturated heterocycles. The zero-order valence-electron chi connectivity index (χ0n) is 22.4. The van der Waals surface area contributed by atoms with Gasteiger partial charge >= 0.3 is 0 Å². The van der Waals surface area contributed by atoms with Crippen LogP contribution in [0.2, 0.25) is 0 Å². The Hall–Kier alpha value is -4.07. The highest BCUT2D eigenvalue weighted by Crippen LogP contribution is 2.19. The molecule has 0 bridgehead atoms. The van der Waals surface area contributed by atoms with E-state index in [1.54, 1.807) is 24.3 Å². The first-order valence-corrected chi connectivity index (χ1v) is 13.5. The monoisotopic (exact) mass is 541 g/mol. The van der Waals surface area contributed by atoms with Gasteiger partial charge in [0.05, 0.1) is 6.54 Å². The van der Waals surface area contributed by atoms with Crippen molar-refractivity contribution in [3.8, 4) is 0 Å². The molecular weight excluding hydrogens is 508 g/mol. The van der Waals surface area contributed by atoms with E-state index >= 15 is 0 Å². The topological polar surface area (TPSA) is 39.9 Å². The molecule has 5 nitrogen and oxygen atoms in total. The molecular formula is C33H33F2N3O2. The van der Waals surface area contributed by atoms with Gasteiger partial charge in [0.25, 0.3) is 5.91 Å². The van der Waals surface area contributed by atoms with Gasteiger partial charge in [0.2, 0.25) is 0 Å². The maximum atomic E-state index is 13.8. The molecule has 1 aliphatic heterocycles. The second-order valence-electron chi connectivity index (χ2n) is 10.1. The lowest BCUT2D eigenvalue weighted by molar-refractivity contribution is 0.0615. The largest absolute Gasteiger partial charge is 0.455 e. The highest BCUT2D eigenvalue weighted by atomic mass is 19.1. The van der Waals surface area contributed by atoms with Crippen LogP contribution >= 0.6 is 0 Å². The van der Waals surface area contributed by atoms with Crippen LogP contribution in [0.15, 0.2) is 101 Å². The Morgan fingerprint density at radius 3 is 2.27 bits per heavy atom. The van der Waals surface area contributed by atoms with E-state index in [0.29, 0.717) is 44.2 Å². The number of benzene rings is 3. The fourth-order valence-corrected chi connectivity index (χ4v) is 4.90. The smallest absolute Gasteiger partial charge is 0.289 e. The summed E-state index contributed by atoms with van der Waals surface area (Å²) in [6.45, 7) is 5.14. The summed E-state index contributed by atoms with van der Waals surface area (Å²) in [7, 11) is 0. The summed E-state index contributed by atoms with van der Waals surface area (Å²) < 4.78 is 33.2. The highest BCUT2D eigenvalue weighted by molar-refractivity contribution is 5.91. The van der Waals surface area contributed by atoms with Crippen molar-refractivity contribution in [2.75, 3.05) is 32.7 Å². The Morgan fingerprint density at radius 1 is 0.775 bits per heavy atom. The van der Waals surface area contributed by atoms with Crippen LogP contribution in [0.4, 0.5) is 8.78 Å². The van der Waals surface area contributed by atoms with Gasteiger partial charge in [-0.2, -0.15) is 0 Å². The molecule has 40 heavy (non-hydrogen) atoms. The van der Waals surface area contributed by atoms with Crippen molar-refractivity contribution in [2.45, 2.75) is 19.6 Å². The van der Waals surface area contributed by atoms with Gasteiger partial charge in [-0.15, -0.1) is 0 Å². The lowest BCUT2D eigenvalue weighted by atomic mass is 10.1.